The Morgan fingerprint density at radius 3 is 2.22 bits per heavy atom. The van der Waals surface area contributed by atoms with Crippen LogP contribution in [0.3, 0.4) is 0 Å². The fraction of sp³-hybridized carbons (Fsp3) is 0.682. The molecule has 3 N–H and O–H groups in total. The first-order valence-corrected chi connectivity index (χ1v) is 10.1. The molecule has 0 unspecified atom stereocenters. The SMILES string of the molecule is CC(C)C1(NC[C@@H](O)[C@H](Cc2ccccc2)N(C(=O)O)C(C)(C)C)CCC1. The molecule has 152 valence electrons. The zero-order chi connectivity index (χ0) is 20.2. The Balaban J connectivity index is 2.21. The van der Waals surface area contributed by atoms with Crippen LogP contribution in [0.4, 0.5) is 4.79 Å². The summed E-state index contributed by atoms with van der Waals surface area (Å²) in [4.78, 5) is 13.5. The van der Waals surface area contributed by atoms with Crippen LogP contribution in [0.2, 0.25) is 0 Å². The van der Waals surface area contributed by atoms with Crippen molar-refractivity contribution in [3.05, 3.63) is 35.9 Å². The maximum Gasteiger partial charge on any atom is 0.408 e. The van der Waals surface area contributed by atoms with E-state index in [2.05, 4.69) is 19.2 Å². The van der Waals surface area contributed by atoms with E-state index >= 15 is 0 Å². The molecule has 1 aromatic rings. The molecular formula is C22H36N2O3. The highest BCUT2D eigenvalue weighted by molar-refractivity contribution is 5.66. The maximum absolute atomic E-state index is 12.1. The van der Waals surface area contributed by atoms with Crippen molar-refractivity contribution in [1.82, 2.24) is 10.2 Å². The molecule has 5 heteroatoms. The van der Waals surface area contributed by atoms with Crippen LogP contribution in [-0.4, -0.2) is 51.0 Å². The first-order chi connectivity index (χ1) is 12.6. The van der Waals surface area contributed by atoms with E-state index in [4.69, 9.17) is 0 Å². The minimum absolute atomic E-state index is 0.0774. The number of β-amino-alcohol motifs (C(OH)–C–C–N with tert-alkyl or cyclic N) is 1. The van der Waals surface area contributed by atoms with Crippen LogP contribution in [0.5, 0.6) is 0 Å². The summed E-state index contributed by atoms with van der Waals surface area (Å²) in [5.74, 6) is 0.490. The summed E-state index contributed by atoms with van der Waals surface area (Å²) in [5, 5.41) is 24.5. The van der Waals surface area contributed by atoms with Crippen molar-refractivity contribution in [3.8, 4) is 0 Å². The lowest BCUT2D eigenvalue weighted by molar-refractivity contribution is -0.00128. The number of carboxylic acid groups (broad SMARTS) is 1. The predicted molar refractivity (Wildman–Crippen MR) is 109 cm³/mol. The van der Waals surface area contributed by atoms with Gasteiger partial charge in [0, 0.05) is 17.6 Å². The van der Waals surface area contributed by atoms with E-state index in [0.29, 0.717) is 18.9 Å². The van der Waals surface area contributed by atoms with E-state index in [0.717, 1.165) is 18.4 Å². The number of nitrogens with one attached hydrogen (secondary N) is 1. The number of carbonyl (C=O) groups is 1. The molecule has 0 saturated heterocycles. The zero-order valence-electron chi connectivity index (χ0n) is 17.4. The van der Waals surface area contributed by atoms with E-state index in [1.54, 1.807) is 0 Å². The number of hydrogen-bond acceptors (Lipinski definition) is 3. The third kappa shape index (κ3) is 5.23. The molecule has 1 fully saturated rings. The van der Waals surface area contributed by atoms with Crippen molar-refractivity contribution in [2.24, 2.45) is 5.92 Å². The highest BCUT2D eigenvalue weighted by Gasteiger charge is 2.42. The summed E-state index contributed by atoms with van der Waals surface area (Å²) in [6, 6.07) is 9.29. The molecule has 5 nitrogen and oxygen atoms in total. The number of rotatable bonds is 8. The minimum atomic E-state index is -0.996. The van der Waals surface area contributed by atoms with Crippen molar-refractivity contribution in [3.63, 3.8) is 0 Å². The van der Waals surface area contributed by atoms with Gasteiger partial charge in [0.25, 0.3) is 0 Å². The van der Waals surface area contributed by atoms with Gasteiger partial charge in [-0.25, -0.2) is 4.79 Å². The van der Waals surface area contributed by atoms with Gasteiger partial charge in [-0.15, -0.1) is 0 Å². The van der Waals surface area contributed by atoms with Crippen LogP contribution >= 0.6 is 0 Å². The van der Waals surface area contributed by atoms with Gasteiger partial charge in [0.05, 0.1) is 12.1 Å². The molecule has 2 atom stereocenters. The summed E-state index contributed by atoms with van der Waals surface area (Å²) in [6.07, 6.45) is 2.15. The Morgan fingerprint density at radius 2 is 1.81 bits per heavy atom. The number of hydrogen-bond donors (Lipinski definition) is 3. The average Bonchev–Trinajstić information content (AvgIpc) is 2.52. The van der Waals surface area contributed by atoms with Crippen molar-refractivity contribution >= 4 is 6.09 Å². The first kappa shape index (κ1) is 21.7. The predicted octanol–water partition coefficient (Wildman–Crippen LogP) is 3.91. The molecule has 0 aliphatic heterocycles. The maximum atomic E-state index is 12.1. The molecule has 2 rings (SSSR count). The first-order valence-electron chi connectivity index (χ1n) is 10.1. The molecule has 0 spiro atoms. The van der Waals surface area contributed by atoms with E-state index in [1.807, 2.05) is 51.1 Å². The molecule has 0 bridgehead atoms. The van der Waals surface area contributed by atoms with Crippen LogP contribution in [0.1, 0.15) is 59.4 Å². The van der Waals surface area contributed by atoms with E-state index in [1.165, 1.54) is 11.3 Å². The number of nitrogens with zero attached hydrogens (tertiary/aromatic N) is 1. The normalized spacial score (nSPS) is 18.6. The van der Waals surface area contributed by atoms with Gasteiger partial charge in [0.15, 0.2) is 0 Å². The van der Waals surface area contributed by atoms with Crippen LogP contribution in [0, 0.1) is 5.92 Å². The summed E-state index contributed by atoms with van der Waals surface area (Å²) in [5.41, 5.74) is 0.506. The Hall–Kier alpha value is -1.59. The lowest BCUT2D eigenvalue weighted by atomic mass is 9.69. The van der Waals surface area contributed by atoms with Crippen LogP contribution in [0.25, 0.3) is 0 Å². The molecule has 1 aromatic carbocycles. The van der Waals surface area contributed by atoms with Gasteiger partial charge in [0.2, 0.25) is 0 Å². The van der Waals surface area contributed by atoms with Crippen molar-refractivity contribution < 1.29 is 15.0 Å². The summed E-state index contributed by atoms with van der Waals surface area (Å²) in [6.45, 7) is 10.4. The molecule has 1 amide bonds. The Morgan fingerprint density at radius 1 is 1.22 bits per heavy atom. The van der Waals surface area contributed by atoms with Gasteiger partial charge in [-0.2, -0.15) is 0 Å². The zero-order valence-corrected chi connectivity index (χ0v) is 17.4. The lowest BCUT2D eigenvalue weighted by Gasteiger charge is -2.48. The van der Waals surface area contributed by atoms with Crippen LogP contribution < -0.4 is 5.32 Å². The lowest BCUT2D eigenvalue weighted by Crippen LogP contribution is -2.61. The fourth-order valence-electron chi connectivity index (χ4n) is 4.14. The number of amides is 1. The quantitative estimate of drug-likeness (QED) is 0.643. The third-order valence-corrected chi connectivity index (χ3v) is 6.01. The molecular weight excluding hydrogens is 340 g/mol. The standard InChI is InChI=1S/C22H36N2O3/c1-16(2)22(12-9-13-22)23-15-19(25)18(14-17-10-7-6-8-11-17)24(20(26)27)21(3,4)5/h6-8,10-11,16,18-19,23,25H,9,12-15H2,1-5H3,(H,26,27)/t18-,19+/m0/s1. The highest BCUT2D eigenvalue weighted by Crippen LogP contribution is 2.38. The second-order valence-corrected chi connectivity index (χ2v) is 9.19. The number of aliphatic hydroxyl groups is 1. The summed E-state index contributed by atoms with van der Waals surface area (Å²) < 4.78 is 0. The number of benzene rings is 1. The van der Waals surface area contributed by atoms with Gasteiger partial charge in [0.1, 0.15) is 0 Å². The number of aliphatic hydroxyl groups excluding tert-OH is 1. The molecule has 1 aliphatic carbocycles. The Bertz CT molecular complexity index is 606. The minimum Gasteiger partial charge on any atom is -0.465 e. The molecule has 0 heterocycles. The second kappa shape index (κ2) is 8.61. The summed E-state index contributed by atoms with van der Waals surface area (Å²) in [7, 11) is 0. The van der Waals surface area contributed by atoms with E-state index in [-0.39, 0.29) is 5.54 Å². The molecule has 0 radical (unpaired) electrons. The second-order valence-electron chi connectivity index (χ2n) is 9.19. The van der Waals surface area contributed by atoms with Gasteiger partial charge in [-0.3, -0.25) is 4.90 Å². The van der Waals surface area contributed by atoms with Crippen molar-refractivity contribution in [1.29, 1.82) is 0 Å². The smallest absolute Gasteiger partial charge is 0.408 e. The Kier molecular flexibility index (Phi) is 6.92. The molecule has 1 aliphatic rings. The summed E-state index contributed by atoms with van der Waals surface area (Å²) >= 11 is 0. The van der Waals surface area contributed by atoms with Gasteiger partial charge in [-0.1, -0.05) is 44.2 Å². The molecule has 0 aromatic heterocycles. The molecule has 1 saturated carbocycles. The van der Waals surface area contributed by atoms with Gasteiger partial charge >= 0.3 is 6.09 Å². The monoisotopic (exact) mass is 376 g/mol. The van der Waals surface area contributed by atoms with Gasteiger partial charge in [-0.05, 0) is 57.9 Å². The Labute approximate surface area is 163 Å². The topological polar surface area (TPSA) is 72.8 Å². The van der Waals surface area contributed by atoms with Crippen molar-refractivity contribution in [2.75, 3.05) is 6.54 Å². The van der Waals surface area contributed by atoms with Gasteiger partial charge < -0.3 is 15.5 Å². The van der Waals surface area contributed by atoms with Crippen LogP contribution in [-0.2, 0) is 6.42 Å². The third-order valence-electron chi connectivity index (χ3n) is 6.01. The fourth-order valence-corrected chi connectivity index (χ4v) is 4.14. The largest absolute Gasteiger partial charge is 0.465 e. The molecule has 27 heavy (non-hydrogen) atoms. The van der Waals surface area contributed by atoms with Crippen molar-refractivity contribution in [2.45, 2.75) is 83.5 Å². The van der Waals surface area contributed by atoms with E-state index in [9.17, 15) is 15.0 Å². The highest BCUT2D eigenvalue weighted by atomic mass is 16.4. The van der Waals surface area contributed by atoms with Crippen LogP contribution in [0.15, 0.2) is 30.3 Å². The van der Waals surface area contributed by atoms with E-state index < -0.39 is 23.8 Å². The average molecular weight is 377 g/mol.